The van der Waals surface area contributed by atoms with Gasteiger partial charge in [-0.2, -0.15) is 0 Å². The molecule has 2 aromatic carbocycles. The fourth-order valence-electron chi connectivity index (χ4n) is 3.81. The van der Waals surface area contributed by atoms with Crippen molar-refractivity contribution in [2.24, 2.45) is 0 Å². The van der Waals surface area contributed by atoms with Crippen LogP contribution in [0.2, 0.25) is 0 Å². The first-order valence-corrected chi connectivity index (χ1v) is 9.72. The lowest BCUT2D eigenvalue weighted by Crippen LogP contribution is -2.29. The van der Waals surface area contributed by atoms with E-state index < -0.39 is 0 Å². The highest BCUT2D eigenvalue weighted by Gasteiger charge is 2.14. The summed E-state index contributed by atoms with van der Waals surface area (Å²) < 4.78 is 0. The van der Waals surface area contributed by atoms with Gasteiger partial charge in [-0.1, -0.05) is 42.3 Å². The zero-order valence-electron chi connectivity index (χ0n) is 16.2. The number of piperidine rings is 1. The van der Waals surface area contributed by atoms with Gasteiger partial charge in [-0.25, -0.2) is 0 Å². The number of carbonyl (C=O) groups excluding carboxylic acids is 1. The molecule has 0 radical (unpaired) electrons. The number of hydrogen-bond donors (Lipinski definition) is 1. The normalized spacial score (nSPS) is 16.3. The molecule has 2 aromatic rings. The molecule has 138 valence electrons. The van der Waals surface area contributed by atoms with Crippen LogP contribution in [-0.4, -0.2) is 23.9 Å². The predicted molar refractivity (Wildman–Crippen MR) is 107 cm³/mol. The summed E-state index contributed by atoms with van der Waals surface area (Å²) in [6, 6.07) is 14.4. The Morgan fingerprint density at radius 3 is 2.38 bits per heavy atom. The summed E-state index contributed by atoms with van der Waals surface area (Å²) in [4.78, 5) is 15.1. The highest BCUT2D eigenvalue weighted by Crippen LogP contribution is 2.19. The molecule has 3 nitrogen and oxygen atoms in total. The van der Waals surface area contributed by atoms with Crippen LogP contribution < -0.4 is 5.32 Å². The molecule has 1 heterocycles. The van der Waals surface area contributed by atoms with Crippen molar-refractivity contribution >= 4 is 5.91 Å². The van der Waals surface area contributed by atoms with Gasteiger partial charge >= 0.3 is 0 Å². The van der Waals surface area contributed by atoms with Crippen LogP contribution in [0.1, 0.15) is 64.8 Å². The van der Waals surface area contributed by atoms with Gasteiger partial charge in [0.15, 0.2) is 0 Å². The third-order valence-electron chi connectivity index (χ3n) is 5.31. The van der Waals surface area contributed by atoms with E-state index >= 15 is 0 Å². The maximum Gasteiger partial charge on any atom is 0.251 e. The predicted octanol–water partition coefficient (Wildman–Crippen LogP) is 4.78. The molecule has 0 unspecified atom stereocenters. The summed E-state index contributed by atoms with van der Waals surface area (Å²) in [5, 5.41) is 3.12. The second-order valence-corrected chi connectivity index (χ2v) is 7.59. The molecule has 1 saturated heterocycles. The minimum Gasteiger partial charge on any atom is -0.346 e. The van der Waals surface area contributed by atoms with Crippen LogP contribution in [0.5, 0.6) is 0 Å². The molecule has 1 atom stereocenters. The molecule has 0 aliphatic carbocycles. The largest absolute Gasteiger partial charge is 0.346 e. The molecule has 3 rings (SSSR count). The number of rotatable bonds is 5. The molecular formula is C23H30N2O. The lowest BCUT2D eigenvalue weighted by atomic mass is 10.00. The smallest absolute Gasteiger partial charge is 0.251 e. The van der Waals surface area contributed by atoms with Crippen LogP contribution in [0, 0.1) is 13.8 Å². The number of nitrogens with zero attached hydrogens (tertiary/aromatic N) is 1. The fraction of sp³-hybridized carbons (Fsp3) is 0.435. The molecule has 1 aliphatic rings. The average molecular weight is 351 g/mol. The maximum absolute atomic E-state index is 12.6. The van der Waals surface area contributed by atoms with Crippen LogP contribution in [0.15, 0.2) is 42.5 Å². The van der Waals surface area contributed by atoms with Crippen LogP contribution in [0.3, 0.4) is 0 Å². The average Bonchev–Trinajstić information content (AvgIpc) is 2.63. The Labute approximate surface area is 157 Å². The molecule has 1 amide bonds. The van der Waals surface area contributed by atoms with Crippen LogP contribution in [0.4, 0.5) is 0 Å². The summed E-state index contributed by atoms with van der Waals surface area (Å²) in [6.07, 6.45) is 3.96. The van der Waals surface area contributed by atoms with E-state index in [4.69, 9.17) is 0 Å². The van der Waals surface area contributed by atoms with Gasteiger partial charge < -0.3 is 5.32 Å². The van der Waals surface area contributed by atoms with Gasteiger partial charge in [0, 0.05) is 12.1 Å². The summed E-state index contributed by atoms with van der Waals surface area (Å²) in [7, 11) is 0. The summed E-state index contributed by atoms with van der Waals surface area (Å²) in [5.41, 5.74) is 5.64. The number of likely N-dealkylation sites (tertiary alicyclic amines) is 1. The number of nitrogens with one attached hydrogen (secondary N) is 1. The van der Waals surface area contributed by atoms with Crippen LogP contribution >= 0.6 is 0 Å². The molecule has 0 spiro atoms. The summed E-state index contributed by atoms with van der Waals surface area (Å²) in [5.74, 6) is -0.0120. The Bertz CT molecular complexity index is 745. The minimum atomic E-state index is -0.0120. The lowest BCUT2D eigenvalue weighted by Gasteiger charge is -2.26. The first kappa shape index (κ1) is 18.7. The van der Waals surface area contributed by atoms with Crippen molar-refractivity contribution in [1.29, 1.82) is 0 Å². The zero-order valence-corrected chi connectivity index (χ0v) is 16.2. The molecule has 1 aliphatic heterocycles. The first-order valence-electron chi connectivity index (χ1n) is 9.72. The van der Waals surface area contributed by atoms with E-state index in [1.165, 1.54) is 54.6 Å². The maximum atomic E-state index is 12.6. The second kappa shape index (κ2) is 8.50. The van der Waals surface area contributed by atoms with E-state index in [0.29, 0.717) is 0 Å². The van der Waals surface area contributed by atoms with Gasteiger partial charge in [0.2, 0.25) is 0 Å². The Balaban J connectivity index is 1.60. The molecule has 3 heteroatoms. The van der Waals surface area contributed by atoms with Gasteiger partial charge in [0.1, 0.15) is 0 Å². The zero-order chi connectivity index (χ0) is 18.5. The Morgan fingerprint density at radius 2 is 1.73 bits per heavy atom. The van der Waals surface area contributed by atoms with Crippen molar-refractivity contribution in [2.45, 2.75) is 52.6 Å². The molecule has 0 saturated carbocycles. The van der Waals surface area contributed by atoms with E-state index in [0.717, 1.165) is 12.1 Å². The van der Waals surface area contributed by atoms with Crippen molar-refractivity contribution in [3.63, 3.8) is 0 Å². The van der Waals surface area contributed by atoms with Gasteiger partial charge in [-0.3, -0.25) is 9.69 Å². The van der Waals surface area contributed by atoms with Gasteiger partial charge in [-0.15, -0.1) is 0 Å². The Morgan fingerprint density at radius 1 is 1.04 bits per heavy atom. The van der Waals surface area contributed by atoms with Crippen molar-refractivity contribution in [3.8, 4) is 0 Å². The van der Waals surface area contributed by atoms with Crippen LogP contribution in [0.25, 0.3) is 0 Å². The van der Waals surface area contributed by atoms with Gasteiger partial charge in [0.25, 0.3) is 5.91 Å². The first-order chi connectivity index (χ1) is 12.5. The Hall–Kier alpha value is -2.13. The van der Waals surface area contributed by atoms with Gasteiger partial charge in [-0.05, 0) is 75.5 Å². The fourth-order valence-corrected chi connectivity index (χ4v) is 3.81. The topological polar surface area (TPSA) is 32.3 Å². The van der Waals surface area contributed by atoms with Crippen molar-refractivity contribution < 1.29 is 4.79 Å². The van der Waals surface area contributed by atoms with E-state index in [9.17, 15) is 4.79 Å². The number of aryl methyl sites for hydroxylation is 2. The van der Waals surface area contributed by atoms with E-state index in [1.54, 1.807) is 0 Å². The third kappa shape index (κ3) is 4.73. The molecule has 1 N–H and O–H groups in total. The molecule has 1 fully saturated rings. The SMILES string of the molecule is Cc1ccc([C@H](C)NC(=O)c2ccc(CN3CCCCC3)cc2)c(C)c1. The van der Waals surface area contributed by atoms with Crippen LogP contribution in [-0.2, 0) is 6.54 Å². The molecular weight excluding hydrogens is 320 g/mol. The molecule has 0 aromatic heterocycles. The molecule has 0 bridgehead atoms. The number of amides is 1. The van der Waals surface area contributed by atoms with Gasteiger partial charge in [0.05, 0.1) is 6.04 Å². The highest BCUT2D eigenvalue weighted by atomic mass is 16.1. The van der Waals surface area contributed by atoms with E-state index in [-0.39, 0.29) is 11.9 Å². The molecule has 26 heavy (non-hydrogen) atoms. The van der Waals surface area contributed by atoms with E-state index in [1.807, 2.05) is 19.1 Å². The Kier molecular flexibility index (Phi) is 6.10. The van der Waals surface area contributed by atoms with Crippen molar-refractivity contribution in [1.82, 2.24) is 10.2 Å². The second-order valence-electron chi connectivity index (χ2n) is 7.59. The number of hydrogen-bond acceptors (Lipinski definition) is 2. The standard InChI is InChI=1S/C23H30N2O/c1-17-7-12-22(18(2)15-17)19(3)24-23(26)21-10-8-20(9-11-21)16-25-13-5-4-6-14-25/h7-12,15,19H,4-6,13-14,16H2,1-3H3,(H,24,26)/t19-/m0/s1. The van der Waals surface area contributed by atoms with Crippen molar-refractivity contribution in [3.05, 3.63) is 70.3 Å². The van der Waals surface area contributed by atoms with Crippen molar-refractivity contribution in [2.75, 3.05) is 13.1 Å². The monoisotopic (exact) mass is 350 g/mol. The quantitative estimate of drug-likeness (QED) is 0.841. The number of carbonyl (C=O) groups is 1. The van der Waals surface area contributed by atoms with E-state index in [2.05, 4.69) is 54.4 Å². The highest BCUT2D eigenvalue weighted by molar-refractivity contribution is 5.94. The summed E-state index contributed by atoms with van der Waals surface area (Å²) >= 11 is 0. The minimum absolute atomic E-state index is 0.00359. The summed E-state index contributed by atoms with van der Waals surface area (Å²) in [6.45, 7) is 9.60. The number of benzene rings is 2. The lowest BCUT2D eigenvalue weighted by molar-refractivity contribution is 0.0940. The third-order valence-corrected chi connectivity index (χ3v) is 5.31.